The van der Waals surface area contributed by atoms with Crippen molar-refractivity contribution in [2.75, 3.05) is 34.4 Å². The molecule has 0 aliphatic rings. The van der Waals surface area contributed by atoms with Crippen LogP contribution in [0.5, 0.6) is 11.5 Å². The Morgan fingerprint density at radius 2 is 2.04 bits per heavy atom. The number of para-hydroxylation sites is 1. The molecule has 0 bridgehead atoms. The lowest BCUT2D eigenvalue weighted by Crippen LogP contribution is -2.39. The van der Waals surface area contributed by atoms with E-state index in [1.807, 2.05) is 18.2 Å². The van der Waals surface area contributed by atoms with E-state index >= 15 is 0 Å². The van der Waals surface area contributed by atoms with Crippen molar-refractivity contribution in [1.82, 2.24) is 10.2 Å². The molecule has 2 aromatic rings. The van der Waals surface area contributed by atoms with E-state index < -0.39 is 0 Å². The highest BCUT2D eigenvalue weighted by molar-refractivity contribution is 7.09. The van der Waals surface area contributed by atoms with Crippen LogP contribution in [-0.2, 0) is 13.0 Å². The number of thiophene rings is 1. The molecule has 6 heteroatoms. The lowest BCUT2D eigenvalue weighted by molar-refractivity contribution is 0.351. The second-order valence-corrected chi connectivity index (χ2v) is 6.61. The van der Waals surface area contributed by atoms with Crippen molar-refractivity contribution in [2.24, 2.45) is 4.99 Å². The van der Waals surface area contributed by atoms with E-state index in [-0.39, 0.29) is 0 Å². The van der Waals surface area contributed by atoms with E-state index in [0.717, 1.165) is 42.5 Å². The lowest BCUT2D eigenvalue weighted by Gasteiger charge is -2.22. The number of likely N-dealkylation sites (N-methyl/N-ethyl adjacent to an activating group) is 1. The summed E-state index contributed by atoms with van der Waals surface area (Å²) in [4.78, 5) is 8.32. The molecule has 0 saturated heterocycles. The third kappa shape index (κ3) is 5.39. The summed E-state index contributed by atoms with van der Waals surface area (Å²) in [6.07, 6.45) is 1.01. The number of benzene rings is 1. The summed E-state index contributed by atoms with van der Waals surface area (Å²) < 4.78 is 10.8. The maximum atomic E-state index is 5.49. The summed E-state index contributed by atoms with van der Waals surface area (Å²) in [5, 5.41) is 5.47. The lowest BCUT2D eigenvalue weighted by atomic mass is 10.2. The molecule has 0 radical (unpaired) electrons. The molecule has 1 N–H and O–H groups in total. The van der Waals surface area contributed by atoms with Crippen LogP contribution >= 0.6 is 11.3 Å². The first-order chi connectivity index (χ1) is 12.2. The van der Waals surface area contributed by atoms with E-state index in [1.54, 1.807) is 25.6 Å². The molecule has 0 spiro atoms. The van der Waals surface area contributed by atoms with Gasteiger partial charge in [0.05, 0.1) is 20.8 Å². The Balaban J connectivity index is 2.08. The quantitative estimate of drug-likeness (QED) is 0.578. The van der Waals surface area contributed by atoms with Gasteiger partial charge in [-0.15, -0.1) is 11.3 Å². The molecule has 0 aliphatic heterocycles. The summed E-state index contributed by atoms with van der Waals surface area (Å²) >= 11 is 1.79. The van der Waals surface area contributed by atoms with E-state index in [9.17, 15) is 0 Å². The number of rotatable bonds is 8. The molecular formula is C19H27N3O2S. The topological polar surface area (TPSA) is 46.1 Å². The fourth-order valence-corrected chi connectivity index (χ4v) is 3.24. The molecule has 2 rings (SSSR count). The Bertz CT molecular complexity index is 671. The van der Waals surface area contributed by atoms with Gasteiger partial charge in [0.2, 0.25) is 0 Å². The second kappa shape index (κ2) is 9.93. The predicted molar refractivity (Wildman–Crippen MR) is 105 cm³/mol. The standard InChI is InChI=1S/C19H27N3O2S/c1-5-20-19(22(2)12-11-16-9-7-13-25-16)21-14-15-8-6-10-17(23-3)18(15)24-4/h6-10,13H,5,11-12,14H2,1-4H3,(H,20,21). The van der Waals surface area contributed by atoms with Gasteiger partial charge in [-0.25, -0.2) is 4.99 Å². The highest BCUT2D eigenvalue weighted by atomic mass is 32.1. The van der Waals surface area contributed by atoms with E-state index in [4.69, 9.17) is 14.5 Å². The third-order valence-electron chi connectivity index (χ3n) is 3.85. The average molecular weight is 362 g/mol. The first-order valence-corrected chi connectivity index (χ1v) is 9.29. The fraction of sp³-hybridized carbons (Fsp3) is 0.421. The molecule has 1 heterocycles. The van der Waals surface area contributed by atoms with Crippen molar-refractivity contribution >= 4 is 17.3 Å². The number of nitrogens with one attached hydrogen (secondary N) is 1. The third-order valence-corrected chi connectivity index (χ3v) is 4.79. The molecule has 0 aliphatic carbocycles. The Labute approximate surface area is 154 Å². The van der Waals surface area contributed by atoms with Crippen molar-refractivity contribution in [3.8, 4) is 11.5 Å². The Hall–Kier alpha value is -2.21. The van der Waals surface area contributed by atoms with Crippen LogP contribution in [0.4, 0.5) is 0 Å². The Morgan fingerprint density at radius 3 is 2.68 bits per heavy atom. The van der Waals surface area contributed by atoms with Crippen LogP contribution < -0.4 is 14.8 Å². The molecule has 0 saturated carbocycles. The normalized spacial score (nSPS) is 11.3. The minimum Gasteiger partial charge on any atom is -0.493 e. The van der Waals surface area contributed by atoms with Gasteiger partial charge >= 0.3 is 0 Å². The van der Waals surface area contributed by atoms with Crippen LogP contribution in [-0.4, -0.2) is 45.2 Å². The largest absolute Gasteiger partial charge is 0.493 e. The molecule has 0 fully saturated rings. The summed E-state index contributed by atoms with van der Waals surface area (Å²) in [6, 6.07) is 10.1. The van der Waals surface area contributed by atoms with Crippen molar-refractivity contribution in [3.05, 3.63) is 46.2 Å². The number of hydrogen-bond acceptors (Lipinski definition) is 4. The van der Waals surface area contributed by atoms with Crippen LogP contribution in [0.1, 0.15) is 17.4 Å². The first-order valence-electron chi connectivity index (χ1n) is 8.41. The average Bonchev–Trinajstić information content (AvgIpc) is 3.16. The SMILES string of the molecule is CCNC(=NCc1cccc(OC)c1OC)N(C)CCc1cccs1. The highest BCUT2D eigenvalue weighted by Crippen LogP contribution is 2.31. The number of nitrogens with zero attached hydrogens (tertiary/aromatic N) is 2. The van der Waals surface area contributed by atoms with Crippen LogP contribution in [0.2, 0.25) is 0 Å². The fourth-order valence-electron chi connectivity index (χ4n) is 2.55. The second-order valence-electron chi connectivity index (χ2n) is 5.57. The monoisotopic (exact) mass is 361 g/mol. The van der Waals surface area contributed by atoms with E-state index in [2.05, 4.69) is 41.7 Å². The summed E-state index contributed by atoms with van der Waals surface area (Å²) in [7, 11) is 5.37. The maximum Gasteiger partial charge on any atom is 0.193 e. The van der Waals surface area contributed by atoms with Crippen LogP contribution in [0, 0.1) is 0 Å². The van der Waals surface area contributed by atoms with Crippen molar-refractivity contribution in [3.63, 3.8) is 0 Å². The van der Waals surface area contributed by atoms with E-state index in [1.165, 1.54) is 4.88 Å². The molecule has 0 amide bonds. The van der Waals surface area contributed by atoms with Gasteiger partial charge in [0.25, 0.3) is 0 Å². The summed E-state index contributed by atoms with van der Waals surface area (Å²) in [5.74, 6) is 2.36. The summed E-state index contributed by atoms with van der Waals surface area (Å²) in [6.45, 7) is 4.36. The van der Waals surface area contributed by atoms with Gasteiger partial charge in [-0.3, -0.25) is 0 Å². The zero-order chi connectivity index (χ0) is 18.1. The van der Waals surface area contributed by atoms with Crippen molar-refractivity contribution < 1.29 is 9.47 Å². The Morgan fingerprint density at radius 1 is 1.20 bits per heavy atom. The van der Waals surface area contributed by atoms with Crippen LogP contribution in [0.25, 0.3) is 0 Å². The van der Waals surface area contributed by atoms with Crippen LogP contribution in [0.15, 0.2) is 40.7 Å². The minimum atomic E-state index is 0.534. The van der Waals surface area contributed by atoms with Crippen molar-refractivity contribution in [2.45, 2.75) is 19.9 Å². The van der Waals surface area contributed by atoms with Gasteiger partial charge in [-0.2, -0.15) is 0 Å². The molecule has 5 nitrogen and oxygen atoms in total. The molecule has 0 unspecified atom stereocenters. The van der Waals surface area contributed by atoms with Gasteiger partial charge in [-0.1, -0.05) is 18.2 Å². The molecule has 136 valence electrons. The molecule has 0 atom stereocenters. The number of aliphatic imine (C=N–C) groups is 1. The molecule has 1 aromatic heterocycles. The number of ether oxygens (including phenoxy) is 2. The number of methoxy groups -OCH3 is 2. The zero-order valence-electron chi connectivity index (χ0n) is 15.4. The van der Waals surface area contributed by atoms with Gasteiger partial charge in [0.1, 0.15) is 0 Å². The maximum absolute atomic E-state index is 5.49. The smallest absolute Gasteiger partial charge is 0.193 e. The molecular weight excluding hydrogens is 334 g/mol. The van der Waals surface area contributed by atoms with Crippen LogP contribution in [0.3, 0.4) is 0 Å². The number of hydrogen-bond donors (Lipinski definition) is 1. The van der Waals surface area contributed by atoms with Gasteiger partial charge in [-0.05, 0) is 30.9 Å². The van der Waals surface area contributed by atoms with Crippen molar-refractivity contribution in [1.29, 1.82) is 0 Å². The molecule has 25 heavy (non-hydrogen) atoms. The van der Waals surface area contributed by atoms with Gasteiger partial charge in [0, 0.05) is 30.6 Å². The predicted octanol–water partition coefficient (Wildman–Crippen LogP) is 3.41. The van der Waals surface area contributed by atoms with Gasteiger partial charge < -0.3 is 19.7 Å². The zero-order valence-corrected chi connectivity index (χ0v) is 16.2. The molecule has 1 aromatic carbocycles. The Kier molecular flexibility index (Phi) is 7.60. The minimum absolute atomic E-state index is 0.534. The number of guanidine groups is 1. The summed E-state index contributed by atoms with van der Waals surface area (Å²) in [5.41, 5.74) is 1.00. The van der Waals surface area contributed by atoms with E-state index in [0.29, 0.717) is 6.54 Å². The van der Waals surface area contributed by atoms with Gasteiger partial charge in [0.15, 0.2) is 17.5 Å². The first kappa shape index (κ1) is 19.1. The highest BCUT2D eigenvalue weighted by Gasteiger charge is 2.11.